The fourth-order valence-corrected chi connectivity index (χ4v) is 2.23. The van der Waals surface area contributed by atoms with Crippen LogP contribution in [-0.4, -0.2) is 37.6 Å². The third kappa shape index (κ3) is 3.47. The van der Waals surface area contributed by atoms with Gasteiger partial charge in [0.15, 0.2) is 0 Å². The molecule has 0 spiro atoms. The highest BCUT2D eigenvalue weighted by Gasteiger charge is 2.13. The molecular weight excluding hydrogens is 228 g/mol. The van der Waals surface area contributed by atoms with E-state index in [1.54, 1.807) is 7.11 Å². The van der Waals surface area contributed by atoms with Gasteiger partial charge in [-0.15, -0.1) is 0 Å². The third-order valence-electron chi connectivity index (χ3n) is 3.23. The fourth-order valence-electron chi connectivity index (χ4n) is 2.23. The lowest BCUT2D eigenvalue weighted by Crippen LogP contribution is -2.25. The van der Waals surface area contributed by atoms with Gasteiger partial charge in [-0.1, -0.05) is 12.1 Å². The van der Waals surface area contributed by atoms with Crippen molar-refractivity contribution in [2.75, 3.05) is 32.1 Å². The zero-order chi connectivity index (χ0) is 12.8. The van der Waals surface area contributed by atoms with E-state index in [1.165, 1.54) is 12.8 Å². The highest BCUT2D eigenvalue weighted by atomic mass is 16.5. The van der Waals surface area contributed by atoms with Gasteiger partial charge in [0, 0.05) is 13.0 Å². The quantitative estimate of drug-likeness (QED) is 0.867. The molecule has 0 saturated carbocycles. The second kappa shape index (κ2) is 6.40. The number of para-hydroxylation sites is 2. The molecule has 0 unspecified atom stereocenters. The van der Waals surface area contributed by atoms with E-state index in [0.29, 0.717) is 12.2 Å². The molecule has 4 nitrogen and oxygen atoms in total. The number of methoxy groups -OCH3 is 1. The van der Waals surface area contributed by atoms with Gasteiger partial charge in [-0.25, -0.2) is 0 Å². The number of carbonyl (C=O) groups is 1. The molecule has 0 aliphatic carbocycles. The van der Waals surface area contributed by atoms with Gasteiger partial charge in [0.25, 0.3) is 0 Å². The number of ether oxygens (including phenoxy) is 1. The summed E-state index contributed by atoms with van der Waals surface area (Å²) in [6.07, 6.45) is 3.06. The number of nitrogens with one attached hydrogen (secondary N) is 1. The van der Waals surface area contributed by atoms with E-state index in [9.17, 15) is 4.79 Å². The maximum absolute atomic E-state index is 11.8. The summed E-state index contributed by atoms with van der Waals surface area (Å²) in [5.41, 5.74) is 0.742. The van der Waals surface area contributed by atoms with Gasteiger partial charge in [0.2, 0.25) is 5.91 Å². The lowest BCUT2D eigenvalue weighted by Gasteiger charge is -2.14. The van der Waals surface area contributed by atoms with Crippen molar-refractivity contribution in [2.24, 2.45) is 0 Å². The summed E-state index contributed by atoms with van der Waals surface area (Å²) >= 11 is 0. The monoisotopic (exact) mass is 248 g/mol. The van der Waals surface area contributed by atoms with E-state index in [1.807, 2.05) is 24.3 Å². The van der Waals surface area contributed by atoms with E-state index in [0.717, 1.165) is 25.3 Å². The molecule has 1 fully saturated rings. The van der Waals surface area contributed by atoms with E-state index < -0.39 is 0 Å². The minimum atomic E-state index is 0.0476. The molecule has 1 aliphatic heterocycles. The van der Waals surface area contributed by atoms with Gasteiger partial charge in [0.1, 0.15) is 5.75 Å². The first-order valence-electron chi connectivity index (χ1n) is 6.45. The SMILES string of the molecule is COc1ccccc1NC(=O)CCN1CCCC1. The van der Waals surface area contributed by atoms with Crippen molar-refractivity contribution in [3.05, 3.63) is 24.3 Å². The summed E-state index contributed by atoms with van der Waals surface area (Å²) in [7, 11) is 1.61. The predicted molar refractivity (Wildman–Crippen MR) is 71.9 cm³/mol. The Morgan fingerprint density at radius 2 is 2.06 bits per heavy atom. The van der Waals surface area contributed by atoms with Gasteiger partial charge >= 0.3 is 0 Å². The van der Waals surface area contributed by atoms with Crippen LogP contribution >= 0.6 is 0 Å². The molecule has 4 heteroatoms. The summed E-state index contributed by atoms with van der Waals surface area (Å²) in [6.45, 7) is 3.10. The number of amides is 1. The number of carbonyl (C=O) groups excluding carboxylic acids is 1. The fraction of sp³-hybridized carbons (Fsp3) is 0.500. The van der Waals surface area contributed by atoms with Gasteiger partial charge in [-0.05, 0) is 38.1 Å². The topological polar surface area (TPSA) is 41.6 Å². The first-order chi connectivity index (χ1) is 8.79. The third-order valence-corrected chi connectivity index (χ3v) is 3.23. The maximum Gasteiger partial charge on any atom is 0.225 e. The number of benzene rings is 1. The first kappa shape index (κ1) is 12.9. The summed E-state index contributed by atoms with van der Waals surface area (Å²) < 4.78 is 5.20. The van der Waals surface area contributed by atoms with Crippen LogP contribution in [0, 0.1) is 0 Å². The zero-order valence-corrected chi connectivity index (χ0v) is 10.8. The van der Waals surface area contributed by atoms with Crippen molar-refractivity contribution in [3.8, 4) is 5.75 Å². The van der Waals surface area contributed by atoms with Gasteiger partial charge in [-0.3, -0.25) is 4.79 Å². The van der Waals surface area contributed by atoms with Crippen LogP contribution in [0.1, 0.15) is 19.3 Å². The van der Waals surface area contributed by atoms with Crippen molar-refractivity contribution >= 4 is 11.6 Å². The molecule has 18 heavy (non-hydrogen) atoms. The smallest absolute Gasteiger partial charge is 0.225 e. The van der Waals surface area contributed by atoms with Gasteiger partial charge in [-0.2, -0.15) is 0 Å². The van der Waals surface area contributed by atoms with Crippen molar-refractivity contribution < 1.29 is 9.53 Å². The minimum Gasteiger partial charge on any atom is -0.495 e. The molecule has 2 rings (SSSR count). The second-order valence-electron chi connectivity index (χ2n) is 4.55. The standard InChI is InChI=1S/C14H20N2O2/c1-18-13-7-3-2-6-12(13)15-14(17)8-11-16-9-4-5-10-16/h2-3,6-7H,4-5,8-11H2,1H3,(H,15,17). The number of rotatable bonds is 5. The van der Waals surface area contributed by atoms with Crippen molar-refractivity contribution in [2.45, 2.75) is 19.3 Å². The Balaban J connectivity index is 1.82. The summed E-state index contributed by atoms with van der Waals surface area (Å²) in [5.74, 6) is 0.749. The largest absolute Gasteiger partial charge is 0.495 e. The van der Waals surface area contributed by atoms with Crippen LogP contribution in [0.3, 0.4) is 0 Å². The number of hydrogen-bond acceptors (Lipinski definition) is 3. The molecule has 0 bridgehead atoms. The average Bonchev–Trinajstić information content (AvgIpc) is 2.90. The van der Waals surface area contributed by atoms with Crippen LogP contribution in [0.5, 0.6) is 5.75 Å². The molecule has 1 N–H and O–H groups in total. The maximum atomic E-state index is 11.8. The minimum absolute atomic E-state index is 0.0476. The van der Waals surface area contributed by atoms with Crippen LogP contribution in [0.25, 0.3) is 0 Å². The van der Waals surface area contributed by atoms with E-state index in [4.69, 9.17) is 4.74 Å². The lowest BCUT2D eigenvalue weighted by molar-refractivity contribution is -0.116. The van der Waals surface area contributed by atoms with Gasteiger partial charge < -0.3 is 15.0 Å². The molecule has 1 aromatic rings. The second-order valence-corrected chi connectivity index (χ2v) is 4.55. The first-order valence-corrected chi connectivity index (χ1v) is 6.45. The van der Waals surface area contributed by atoms with E-state index in [-0.39, 0.29) is 5.91 Å². The summed E-state index contributed by atoms with van der Waals surface area (Å²) in [5, 5.41) is 2.89. The Labute approximate surface area is 108 Å². The molecule has 1 aliphatic rings. The van der Waals surface area contributed by atoms with Crippen LogP contribution in [0.15, 0.2) is 24.3 Å². The number of anilines is 1. The normalized spacial score (nSPS) is 15.6. The number of hydrogen-bond donors (Lipinski definition) is 1. The van der Waals surface area contributed by atoms with Crippen LogP contribution in [0.2, 0.25) is 0 Å². The summed E-state index contributed by atoms with van der Waals surface area (Å²) in [6, 6.07) is 7.47. The Bertz CT molecular complexity index is 401. The summed E-state index contributed by atoms with van der Waals surface area (Å²) in [4.78, 5) is 14.2. The van der Waals surface area contributed by atoms with Crippen molar-refractivity contribution in [1.82, 2.24) is 4.90 Å². The predicted octanol–water partition coefficient (Wildman–Crippen LogP) is 2.12. The molecule has 1 saturated heterocycles. The Morgan fingerprint density at radius 3 is 2.78 bits per heavy atom. The highest BCUT2D eigenvalue weighted by molar-refractivity contribution is 5.92. The molecule has 0 radical (unpaired) electrons. The average molecular weight is 248 g/mol. The zero-order valence-electron chi connectivity index (χ0n) is 10.8. The molecule has 1 heterocycles. The van der Waals surface area contributed by atoms with E-state index in [2.05, 4.69) is 10.2 Å². The Kier molecular flexibility index (Phi) is 4.59. The Morgan fingerprint density at radius 1 is 1.33 bits per heavy atom. The highest BCUT2D eigenvalue weighted by Crippen LogP contribution is 2.23. The van der Waals surface area contributed by atoms with Crippen LogP contribution in [-0.2, 0) is 4.79 Å². The lowest BCUT2D eigenvalue weighted by atomic mass is 10.2. The molecule has 98 valence electrons. The van der Waals surface area contributed by atoms with Crippen LogP contribution in [0.4, 0.5) is 5.69 Å². The molecular formula is C14H20N2O2. The molecule has 1 amide bonds. The van der Waals surface area contributed by atoms with Crippen molar-refractivity contribution in [3.63, 3.8) is 0 Å². The van der Waals surface area contributed by atoms with Gasteiger partial charge in [0.05, 0.1) is 12.8 Å². The molecule has 1 aromatic carbocycles. The molecule has 0 aromatic heterocycles. The van der Waals surface area contributed by atoms with Crippen LogP contribution < -0.4 is 10.1 Å². The molecule has 0 atom stereocenters. The Hall–Kier alpha value is -1.55. The number of nitrogens with zero attached hydrogens (tertiary/aromatic N) is 1. The van der Waals surface area contributed by atoms with Crippen molar-refractivity contribution in [1.29, 1.82) is 0 Å². The number of likely N-dealkylation sites (tertiary alicyclic amines) is 1. The van der Waals surface area contributed by atoms with E-state index >= 15 is 0 Å².